The highest BCUT2D eigenvalue weighted by atomic mass is 35.5. The number of nitrogens with zero attached hydrogens (tertiary/aromatic N) is 2. The van der Waals surface area contributed by atoms with Crippen LogP contribution in [0.1, 0.15) is 18.1 Å². The van der Waals surface area contributed by atoms with Gasteiger partial charge >= 0.3 is 0 Å². The van der Waals surface area contributed by atoms with Crippen molar-refractivity contribution in [2.45, 2.75) is 6.92 Å². The van der Waals surface area contributed by atoms with Crippen molar-refractivity contribution in [2.24, 2.45) is 9.98 Å². The molecule has 0 unspecified atom stereocenters. The molecule has 5 nitrogen and oxygen atoms in total. The summed E-state index contributed by atoms with van der Waals surface area (Å²) in [6.07, 6.45) is 0. The molecule has 1 amide bonds. The predicted molar refractivity (Wildman–Crippen MR) is 92.4 cm³/mol. The van der Waals surface area contributed by atoms with Crippen LogP contribution in [0.25, 0.3) is 0 Å². The van der Waals surface area contributed by atoms with Gasteiger partial charge in [-0.05, 0) is 30.3 Å². The Morgan fingerprint density at radius 3 is 2.60 bits per heavy atom. The SMILES string of the molecule is CC(=O)NNC1=Nc2ccc(Cl)cc2C(c2c(F)cccc2F)=NC1. The number of hydrazine groups is 1. The number of nitrogens with one attached hydrogen (secondary N) is 2. The summed E-state index contributed by atoms with van der Waals surface area (Å²) in [6, 6.07) is 8.38. The molecule has 0 saturated heterocycles. The molecule has 8 heteroatoms. The van der Waals surface area contributed by atoms with E-state index in [9.17, 15) is 13.6 Å². The third-order valence-corrected chi connectivity index (χ3v) is 3.67. The standard InChI is InChI=1S/C17H13ClF2N4O/c1-9(25)23-24-15-8-21-17(16-12(19)3-2-4-13(16)20)11-7-10(18)5-6-14(11)22-15/h2-7H,8H2,1H3,(H,22,24)(H,23,25). The second kappa shape index (κ2) is 6.98. The van der Waals surface area contributed by atoms with Gasteiger partial charge in [0.2, 0.25) is 5.91 Å². The first-order valence-electron chi connectivity index (χ1n) is 7.34. The van der Waals surface area contributed by atoms with Gasteiger partial charge in [0.05, 0.1) is 23.5 Å². The zero-order valence-corrected chi connectivity index (χ0v) is 13.9. The number of amidine groups is 1. The summed E-state index contributed by atoms with van der Waals surface area (Å²) in [6.45, 7) is 1.33. The third kappa shape index (κ3) is 3.66. The van der Waals surface area contributed by atoms with E-state index in [1.165, 1.54) is 13.0 Å². The van der Waals surface area contributed by atoms with Gasteiger partial charge in [0.25, 0.3) is 0 Å². The van der Waals surface area contributed by atoms with E-state index in [0.717, 1.165) is 12.1 Å². The molecule has 0 saturated carbocycles. The summed E-state index contributed by atoms with van der Waals surface area (Å²) >= 11 is 6.04. The number of rotatable bonds is 1. The monoisotopic (exact) mass is 362 g/mol. The van der Waals surface area contributed by atoms with Crippen molar-refractivity contribution in [1.29, 1.82) is 0 Å². The minimum Gasteiger partial charge on any atom is -0.284 e. The summed E-state index contributed by atoms with van der Waals surface area (Å²) in [5.74, 6) is -1.45. The lowest BCUT2D eigenvalue weighted by Crippen LogP contribution is -2.41. The maximum absolute atomic E-state index is 14.2. The fraction of sp³-hybridized carbons (Fsp3) is 0.118. The fourth-order valence-electron chi connectivity index (χ4n) is 2.38. The first kappa shape index (κ1) is 17.0. The van der Waals surface area contributed by atoms with Crippen LogP contribution in [0.15, 0.2) is 46.4 Å². The first-order chi connectivity index (χ1) is 12.0. The van der Waals surface area contributed by atoms with Gasteiger partial charge in [-0.2, -0.15) is 0 Å². The summed E-state index contributed by atoms with van der Waals surface area (Å²) in [5.41, 5.74) is 5.73. The molecule has 3 rings (SSSR count). The highest BCUT2D eigenvalue weighted by Crippen LogP contribution is 2.29. The molecule has 1 aliphatic heterocycles. The van der Waals surface area contributed by atoms with Crippen molar-refractivity contribution in [3.05, 3.63) is 64.2 Å². The Hall–Kier alpha value is -2.80. The van der Waals surface area contributed by atoms with Gasteiger partial charge in [-0.1, -0.05) is 17.7 Å². The number of hydrogen-bond donors (Lipinski definition) is 2. The number of fused-ring (bicyclic) bond motifs is 1. The predicted octanol–water partition coefficient (Wildman–Crippen LogP) is 3.14. The van der Waals surface area contributed by atoms with Gasteiger partial charge < -0.3 is 0 Å². The van der Waals surface area contributed by atoms with E-state index < -0.39 is 11.6 Å². The van der Waals surface area contributed by atoms with Crippen molar-refractivity contribution >= 4 is 34.7 Å². The first-order valence-corrected chi connectivity index (χ1v) is 7.72. The molecule has 1 heterocycles. The maximum Gasteiger partial charge on any atom is 0.235 e. The molecular weight excluding hydrogens is 350 g/mol. The van der Waals surface area contributed by atoms with Gasteiger partial charge in [-0.25, -0.2) is 13.8 Å². The van der Waals surface area contributed by atoms with E-state index in [0.29, 0.717) is 22.1 Å². The molecule has 128 valence electrons. The van der Waals surface area contributed by atoms with E-state index >= 15 is 0 Å². The van der Waals surface area contributed by atoms with Crippen LogP contribution in [-0.2, 0) is 4.79 Å². The Balaban J connectivity index is 2.13. The van der Waals surface area contributed by atoms with Gasteiger partial charge in [0.1, 0.15) is 17.5 Å². The number of halogens is 3. The second-order valence-electron chi connectivity index (χ2n) is 5.29. The number of carbonyl (C=O) groups excluding carboxylic acids is 1. The van der Waals surface area contributed by atoms with Gasteiger partial charge in [0, 0.05) is 17.5 Å². The molecule has 0 fully saturated rings. The van der Waals surface area contributed by atoms with Crippen LogP contribution in [-0.4, -0.2) is 24.0 Å². The Bertz CT molecular complexity index is 891. The molecule has 0 spiro atoms. The number of hydrogen-bond acceptors (Lipinski definition) is 4. The van der Waals surface area contributed by atoms with E-state index in [2.05, 4.69) is 20.8 Å². The van der Waals surface area contributed by atoms with Crippen molar-refractivity contribution in [2.75, 3.05) is 6.54 Å². The van der Waals surface area contributed by atoms with E-state index in [4.69, 9.17) is 11.6 Å². The topological polar surface area (TPSA) is 65.8 Å². The van der Waals surface area contributed by atoms with Crippen LogP contribution in [0.4, 0.5) is 14.5 Å². The smallest absolute Gasteiger partial charge is 0.235 e. The molecule has 0 radical (unpaired) electrons. The van der Waals surface area contributed by atoms with Crippen LogP contribution in [0.2, 0.25) is 5.02 Å². The summed E-state index contributed by atoms with van der Waals surface area (Å²) in [4.78, 5) is 19.7. The molecular formula is C17H13ClF2N4O. The lowest BCUT2D eigenvalue weighted by atomic mass is 9.99. The quantitative estimate of drug-likeness (QED) is 0.765. The van der Waals surface area contributed by atoms with E-state index in [1.54, 1.807) is 18.2 Å². The molecule has 0 bridgehead atoms. The zero-order chi connectivity index (χ0) is 18.0. The lowest BCUT2D eigenvalue weighted by Gasteiger charge is -2.10. The van der Waals surface area contributed by atoms with Crippen LogP contribution >= 0.6 is 11.6 Å². The summed E-state index contributed by atoms with van der Waals surface area (Å²) in [7, 11) is 0. The van der Waals surface area contributed by atoms with E-state index in [1.807, 2.05) is 0 Å². The van der Waals surface area contributed by atoms with Crippen LogP contribution in [0.3, 0.4) is 0 Å². The van der Waals surface area contributed by atoms with Gasteiger partial charge in [-0.3, -0.25) is 20.6 Å². The molecule has 0 atom stereocenters. The lowest BCUT2D eigenvalue weighted by molar-refractivity contribution is -0.119. The number of aliphatic imine (C=N–C) groups is 2. The van der Waals surface area contributed by atoms with E-state index in [-0.39, 0.29) is 23.7 Å². The van der Waals surface area contributed by atoms with Gasteiger partial charge in [0.15, 0.2) is 0 Å². The van der Waals surface area contributed by atoms with Crippen LogP contribution < -0.4 is 10.9 Å². The van der Waals surface area contributed by atoms with Crippen LogP contribution in [0, 0.1) is 11.6 Å². The molecule has 2 aromatic carbocycles. The molecule has 1 aliphatic rings. The Morgan fingerprint density at radius 1 is 1.20 bits per heavy atom. The average molecular weight is 363 g/mol. The molecule has 0 aliphatic carbocycles. The largest absolute Gasteiger partial charge is 0.284 e. The summed E-state index contributed by atoms with van der Waals surface area (Å²) in [5, 5.41) is 0.386. The Labute approximate surface area is 147 Å². The molecule has 25 heavy (non-hydrogen) atoms. The normalized spacial score (nSPS) is 13.3. The third-order valence-electron chi connectivity index (χ3n) is 3.44. The minimum absolute atomic E-state index is 0.00428. The van der Waals surface area contributed by atoms with Crippen molar-refractivity contribution < 1.29 is 13.6 Å². The Morgan fingerprint density at radius 2 is 1.92 bits per heavy atom. The fourth-order valence-corrected chi connectivity index (χ4v) is 2.55. The van der Waals surface area contributed by atoms with Crippen molar-refractivity contribution in [1.82, 2.24) is 10.9 Å². The second-order valence-corrected chi connectivity index (χ2v) is 5.72. The van der Waals surface area contributed by atoms with Gasteiger partial charge in [-0.15, -0.1) is 0 Å². The molecule has 2 N–H and O–H groups in total. The van der Waals surface area contributed by atoms with Crippen molar-refractivity contribution in [3.63, 3.8) is 0 Å². The summed E-state index contributed by atoms with van der Waals surface area (Å²) < 4.78 is 28.5. The highest BCUT2D eigenvalue weighted by molar-refractivity contribution is 6.31. The molecule has 2 aromatic rings. The minimum atomic E-state index is -0.733. The Kier molecular flexibility index (Phi) is 4.76. The van der Waals surface area contributed by atoms with Crippen LogP contribution in [0.5, 0.6) is 0 Å². The average Bonchev–Trinajstić information content (AvgIpc) is 2.72. The van der Waals surface area contributed by atoms with Crippen molar-refractivity contribution in [3.8, 4) is 0 Å². The highest BCUT2D eigenvalue weighted by Gasteiger charge is 2.22. The molecule has 0 aromatic heterocycles. The number of benzene rings is 2. The zero-order valence-electron chi connectivity index (χ0n) is 13.1. The number of carbonyl (C=O) groups is 1. The maximum atomic E-state index is 14.2. The number of amides is 1.